The van der Waals surface area contributed by atoms with E-state index < -0.39 is 12.1 Å². The second kappa shape index (κ2) is 36.9. The molecule has 126 valence electrons. The van der Waals surface area contributed by atoms with Crippen LogP contribution in [-0.2, 0) is 40.6 Å². The van der Waals surface area contributed by atoms with Gasteiger partial charge in [0.15, 0.2) is 0 Å². The summed E-state index contributed by atoms with van der Waals surface area (Å²) in [4.78, 5) is 10.7. The van der Waals surface area contributed by atoms with E-state index in [4.69, 9.17) is 14.0 Å². The molecule has 1 atom stereocenters. The molecular formula is C16H18FeO6. The third-order valence-electron chi connectivity index (χ3n) is 1.70. The SMILES string of the molecule is C/C=C/C=C/C(O)C/C=C/C=C\C(=O)OC.[C-]#[O+].[C-]#[O+].[C-]#[O+].[Fe]. The van der Waals surface area contributed by atoms with Gasteiger partial charge < -0.3 is 9.84 Å². The van der Waals surface area contributed by atoms with Crippen molar-refractivity contribution in [2.45, 2.75) is 19.4 Å². The smallest absolute Gasteiger partial charge is 0 e. The molecule has 1 N–H and O–H groups in total. The number of aliphatic hydroxyl groups is 1. The maximum atomic E-state index is 10.7. The molecule has 0 amide bonds. The van der Waals surface area contributed by atoms with Gasteiger partial charge in [-0.15, -0.1) is 0 Å². The maximum Gasteiger partial charge on any atom is 0 e. The van der Waals surface area contributed by atoms with Gasteiger partial charge in [0, 0.05) is 23.1 Å². The molecule has 0 rings (SSSR count). The summed E-state index contributed by atoms with van der Waals surface area (Å²) in [6.07, 6.45) is 13.6. The van der Waals surface area contributed by atoms with Gasteiger partial charge in [0.2, 0.25) is 0 Å². The van der Waals surface area contributed by atoms with Crippen LogP contribution >= 0.6 is 0 Å². The van der Waals surface area contributed by atoms with Crippen molar-refractivity contribution in [3.63, 3.8) is 0 Å². The third kappa shape index (κ3) is 38.4. The number of hydrogen-bond acceptors (Lipinski definition) is 3. The van der Waals surface area contributed by atoms with Gasteiger partial charge in [-0.2, -0.15) is 0 Å². The van der Waals surface area contributed by atoms with Gasteiger partial charge in [-0.05, 0) is 13.3 Å². The fourth-order valence-corrected chi connectivity index (χ4v) is 0.881. The Morgan fingerprint density at radius 3 is 2.04 bits per heavy atom. The van der Waals surface area contributed by atoms with Gasteiger partial charge in [-0.25, -0.2) is 4.79 Å². The minimum Gasteiger partial charge on any atom is 0 e. The van der Waals surface area contributed by atoms with Crippen LogP contribution in [0.2, 0.25) is 0 Å². The monoisotopic (exact) mass is 362 g/mol. The Balaban J connectivity index is -0.000000137. The van der Waals surface area contributed by atoms with Crippen molar-refractivity contribution in [1.29, 1.82) is 0 Å². The first-order chi connectivity index (χ1) is 10.7. The van der Waals surface area contributed by atoms with Gasteiger partial charge in [0.1, 0.15) is 0 Å². The Labute approximate surface area is 147 Å². The fraction of sp³-hybridized carbons (Fsp3) is 0.250. The predicted octanol–water partition coefficient (Wildman–Crippen LogP) is 2.04. The summed E-state index contributed by atoms with van der Waals surface area (Å²) < 4.78 is 26.9. The molecule has 0 saturated heterocycles. The zero-order valence-electron chi connectivity index (χ0n) is 12.7. The molecule has 1 unspecified atom stereocenters. The van der Waals surface area contributed by atoms with Crippen LogP contribution in [-0.4, -0.2) is 24.3 Å². The Morgan fingerprint density at radius 2 is 1.61 bits per heavy atom. The number of methoxy groups -OCH3 is 1. The molecule has 0 aliphatic heterocycles. The molecule has 0 heterocycles. The van der Waals surface area contributed by atoms with Gasteiger partial charge in [0.25, 0.3) is 0 Å². The summed E-state index contributed by atoms with van der Waals surface area (Å²) in [6.45, 7) is 15.4. The summed E-state index contributed by atoms with van der Waals surface area (Å²) in [7, 11) is 1.33. The quantitative estimate of drug-likeness (QED) is 0.195. The number of rotatable bonds is 6. The first-order valence-electron chi connectivity index (χ1n) is 5.70. The summed E-state index contributed by atoms with van der Waals surface area (Å²) in [5.41, 5.74) is 0. The molecular weight excluding hydrogens is 344 g/mol. The predicted molar refractivity (Wildman–Crippen MR) is 76.7 cm³/mol. The first kappa shape index (κ1) is 32.9. The third-order valence-corrected chi connectivity index (χ3v) is 1.70. The van der Waals surface area contributed by atoms with Gasteiger partial charge in [0.05, 0.1) is 13.2 Å². The van der Waals surface area contributed by atoms with Crippen LogP contribution in [0.3, 0.4) is 0 Å². The molecule has 23 heavy (non-hydrogen) atoms. The zero-order valence-corrected chi connectivity index (χ0v) is 13.8. The summed E-state index contributed by atoms with van der Waals surface area (Å²) in [6, 6.07) is 0. The molecule has 0 radical (unpaired) electrons. The second-order valence-electron chi connectivity index (χ2n) is 3.02. The molecule has 0 aromatic carbocycles. The Bertz CT molecular complexity index is 402. The van der Waals surface area contributed by atoms with Crippen LogP contribution in [0, 0.1) is 20.0 Å². The van der Waals surface area contributed by atoms with E-state index in [0.717, 1.165) is 0 Å². The van der Waals surface area contributed by atoms with E-state index in [1.165, 1.54) is 13.2 Å². The number of aliphatic hydroxyl groups excluding tert-OH is 1. The second-order valence-corrected chi connectivity index (χ2v) is 3.02. The van der Waals surface area contributed by atoms with Crippen LogP contribution in [0.5, 0.6) is 0 Å². The summed E-state index contributed by atoms with van der Waals surface area (Å²) >= 11 is 0. The van der Waals surface area contributed by atoms with E-state index >= 15 is 0 Å². The first-order valence-corrected chi connectivity index (χ1v) is 5.70. The molecule has 7 heteroatoms. The molecule has 0 saturated carbocycles. The van der Waals surface area contributed by atoms with Crippen LogP contribution < -0.4 is 0 Å². The van der Waals surface area contributed by atoms with E-state index in [0.29, 0.717) is 6.42 Å². The van der Waals surface area contributed by atoms with Crippen molar-refractivity contribution >= 4 is 5.97 Å². The topological polar surface area (TPSA) is 106 Å². The Morgan fingerprint density at radius 1 is 1.09 bits per heavy atom. The number of carbonyl (C=O) groups is 1. The van der Waals surface area contributed by atoms with Gasteiger partial charge in [-0.1, -0.05) is 42.5 Å². The number of esters is 1. The van der Waals surface area contributed by atoms with Crippen molar-refractivity contribution in [2.24, 2.45) is 0 Å². The molecule has 0 fully saturated rings. The van der Waals surface area contributed by atoms with Crippen LogP contribution in [0.4, 0.5) is 0 Å². The number of ether oxygens (including phenoxy) is 1. The molecule has 0 aromatic rings. The number of allylic oxidation sites excluding steroid dienone is 5. The maximum absolute atomic E-state index is 10.7. The Kier molecular flexibility index (Phi) is 52.8. The van der Waals surface area contributed by atoms with Crippen molar-refractivity contribution in [2.75, 3.05) is 7.11 Å². The van der Waals surface area contributed by atoms with E-state index in [1.807, 2.05) is 19.1 Å². The molecule has 0 spiro atoms. The van der Waals surface area contributed by atoms with Crippen LogP contribution in [0.25, 0.3) is 0 Å². The summed E-state index contributed by atoms with van der Waals surface area (Å²) in [5.74, 6) is -0.391. The van der Waals surface area contributed by atoms with Gasteiger partial charge >= 0.3 is 39.9 Å². The standard InChI is InChI=1S/C13H18O3.3CO.Fe/c1-3-4-6-9-12(14)10-7-5-8-11-13(15)16-2;3*1-2;/h3-9,11-12,14H,10H2,1-2H3;;;;/b4-3+,7-5+,9-6+,11-8-;;;;. The largest absolute Gasteiger partial charge is 0 e. The van der Waals surface area contributed by atoms with Crippen molar-refractivity contribution in [1.82, 2.24) is 0 Å². The van der Waals surface area contributed by atoms with Crippen molar-refractivity contribution in [3.05, 3.63) is 68.6 Å². The van der Waals surface area contributed by atoms with E-state index in [-0.39, 0.29) is 17.1 Å². The zero-order chi connectivity index (χ0) is 18.2. The Hall–Kier alpha value is -1.87. The number of hydrogen-bond donors (Lipinski definition) is 1. The van der Waals surface area contributed by atoms with Crippen LogP contribution in [0.1, 0.15) is 13.3 Å². The van der Waals surface area contributed by atoms with Crippen molar-refractivity contribution < 1.29 is 45.7 Å². The summed E-state index contributed by atoms with van der Waals surface area (Å²) in [5, 5.41) is 9.44. The van der Waals surface area contributed by atoms with E-state index in [9.17, 15) is 9.90 Å². The van der Waals surface area contributed by atoms with Crippen LogP contribution in [0.15, 0.2) is 48.6 Å². The normalized spacial score (nSPS) is 10.3. The molecule has 0 aromatic heterocycles. The fourth-order valence-electron chi connectivity index (χ4n) is 0.881. The van der Waals surface area contributed by atoms with E-state index in [2.05, 4.69) is 24.7 Å². The molecule has 0 bridgehead atoms. The van der Waals surface area contributed by atoms with E-state index in [1.54, 1.807) is 30.4 Å². The molecule has 6 nitrogen and oxygen atoms in total. The average Bonchev–Trinajstić information content (AvgIpc) is 2.60. The minimum atomic E-state index is -0.501. The minimum absolute atomic E-state index is 0. The average molecular weight is 362 g/mol. The molecule has 0 aliphatic rings. The molecule has 0 aliphatic carbocycles. The van der Waals surface area contributed by atoms with Crippen molar-refractivity contribution in [3.8, 4) is 0 Å². The number of carbonyl (C=O) groups excluding carboxylic acids is 1. The van der Waals surface area contributed by atoms with Gasteiger partial charge in [-0.3, -0.25) is 0 Å².